The molecule has 0 bridgehead atoms. The van der Waals surface area contributed by atoms with E-state index in [-0.39, 0.29) is 0 Å². The van der Waals surface area contributed by atoms with E-state index in [4.69, 9.17) is 9.72 Å². The summed E-state index contributed by atoms with van der Waals surface area (Å²) >= 11 is 0. The van der Waals surface area contributed by atoms with Crippen LogP contribution in [0.2, 0.25) is 0 Å². The smallest absolute Gasteiger partial charge is 0.141 e. The summed E-state index contributed by atoms with van der Waals surface area (Å²) in [5, 5.41) is 0. The number of aryl methyl sites for hydroxylation is 2. The van der Waals surface area contributed by atoms with Gasteiger partial charge < -0.3 is 14.2 Å². The predicted octanol–water partition coefficient (Wildman–Crippen LogP) is 6.67. The molecule has 1 heterocycles. The van der Waals surface area contributed by atoms with Gasteiger partial charge in [0.1, 0.15) is 11.6 Å². The van der Waals surface area contributed by atoms with Gasteiger partial charge in [-0.25, -0.2) is 4.98 Å². The van der Waals surface area contributed by atoms with Crippen LogP contribution < -0.4 is 9.64 Å². The highest BCUT2D eigenvalue weighted by Gasteiger charge is 2.13. The van der Waals surface area contributed by atoms with Gasteiger partial charge in [0, 0.05) is 31.9 Å². The lowest BCUT2D eigenvalue weighted by molar-refractivity contribution is 0.298. The van der Waals surface area contributed by atoms with Gasteiger partial charge in [-0.2, -0.15) is 0 Å². The van der Waals surface area contributed by atoms with Crippen molar-refractivity contribution in [3.05, 3.63) is 77.9 Å². The summed E-state index contributed by atoms with van der Waals surface area (Å²) in [7, 11) is 4.12. The van der Waals surface area contributed by atoms with Crippen molar-refractivity contribution in [2.75, 3.05) is 25.6 Å². The van der Waals surface area contributed by atoms with Gasteiger partial charge in [0.25, 0.3) is 0 Å². The Bertz CT molecular complexity index is 1190. The van der Waals surface area contributed by atoms with Crippen molar-refractivity contribution in [2.45, 2.75) is 39.7 Å². The van der Waals surface area contributed by atoms with Gasteiger partial charge in [-0.15, -0.1) is 0 Å². The first-order chi connectivity index (χ1) is 15.4. The maximum absolute atomic E-state index is 6.24. The first-order valence-corrected chi connectivity index (χ1v) is 11.4. The largest absolute Gasteiger partial charge is 0.493 e. The minimum absolute atomic E-state index is 0.444. The van der Waals surface area contributed by atoms with E-state index in [2.05, 4.69) is 105 Å². The molecule has 0 aliphatic carbocycles. The Morgan fingerprint density at radius 3 is 2.44 bits per heavy atom. The first-order valence-electron chi connectivity index (χ1n) is 11.4. The van der Waals surface area contributed by atoms with Crippen LogP contribution in [-0.2, 0) is 6.54 Å². The number of hydrogen-bond acceptors (Lipinski definition) is 3. The van der Waals surface area contributed by atoms with Gasteiger partial charge in [0.15, 0.2) is 0 Å². The summed E-state index contributed by atoms with van der Waals surface area (Å²) in [6, 6.07) is 23.5. The van der Waals surface area contributed by atoms with Gasteiger partial charge in [-0.3, -0.25) is 0 Å². The maximum atomic E-state index is 6.24. The molecule has 4 nitrogen and oxygen atoms in total. The monoisotopic (exact) mass is 427 g/mol. The Morgan fingerprint density at radius 2 is 1.72 bits per heavy atom. The minimum Gasteiger partial charge on any atom is -0.493 e. The van der Waals surface area contributed by atoms with Crippen LogP contribution in [0.25, 0.3) is 22.4 Å². The molecule has 4 rings (SSSR count). The predicted molar refractivity (Wildman–Crippen MR) is 135 cm³/mol. The number of imidazole rings is 1. The molecule has 1 aromatic heterocycles. The Balaban J connectivity index is 1.54. The fourth-order valence-corrected chi connectivity index (χ4v) is 4.08. The van der Waals surface area contributed by atoms with Crippen LogP contribution in [0.4, 0.5) is 5.69 Å². The van der Waals surface area contributed by atoms with Crippen LogP contribution in [0.3, 0.4) is 0 Å². The van der Waals surface area contributed by atoms with Crippen LogP contribution in [0.1, 0.15) is 37.3 Å². The average molecular weight is 428 g/mol. The van der Waals surface area contributed by atoms with Crippen LogP contribution in [0.15, 0.2) is 66.7 Å². The van der Waals surface area contributed by atoms with Crippen molar-refractivity contribution >= 4 is 16.7 Å². The third kappa shape index (κ3) is 4.64. The van der Waals surface area contributed by atoms with E-state index in [1.165, 1.54) is 16.8 Å². The zero-order chi connectivity index (χ0) is 22.7. The molecule has 32 heavy (non-hydrogen) atoms. The molecule has 0 fully saturated rings. The third-order valence-electron chi connectivity index (χ3n) is 5.87. The van der Waals surface area contributed by atoms with Crippen LogP contribution in [0, 0.1) is 6.92 Å². The van der Waals surface area contributed by atoms with Gasteiger partial charge >= 0.3 is 0 Å². The molecule has 0 amide bonds. The number of para-hydroxylation sites is 2. The molecule has 0 atom stereocenters. The number of rotatable bonds is 8. The molecule has 0 spiro atoms. The van der Waals surface area contributed by atoms with Crippen molar-refractivity contribution in [1.82, 2.24) is 9.55 Å². The van der Waals surface area contributed by atoms with E-state index in [1.54, 1.807) is 0 Å². The van der Waals surface area contributed by atoms with E-state index < -0.39 is 0 Å². The zero-order valence-corrected chi connectivity index (χ0v) is 19.8. The van der Waals surface area contributed by atoms with Gasteiger partial charge in [0.05, 0.1) is 17.6 Å². The number of ether oxygens (including phenoxy) is 1. The second-order valence-electron chi connectivity index (χ2n) is 8.92. The van der Waals surface area contributed by atoms with E-state index in [0.717, 1.165) is 41.1 Å². The standard InChI is InChI=1S/C28H33N3O/c1-20(2)24-16-11-21(3)19-27(24)32-18-8-17-31-26-10-7-6-9-25(26)29-28(31)22-12-14-23(15-13-22)30(4)5/h6-7,9-16,19-20H,8,17-18H2,1-5H3. The third-order valence-corrected chi connectivity index (χ3v) is 5.87. The van der Waals surface area contributed by atoms with Crippen molar-refractivity contribution in [3.63, 3.8) is 0 Å². The summed E-state index contributed by atoms with van der Waals surface area (Å²) in [5.74, 6) is 2.46. The van der Waals surface area contributed by atoms with Crippen molar-refractivity contribution in [3.8, 4) is 17.1 Å². The minimum atomic E-state index is 0.444. The fourth-order valence-electron chi connectivity index (χ4n) is 4.08. The van der Waals surface area contributed by atoms with Crippen LogP contribution >= 0.6 is 0 Å². The van der Waals surface area contributed by atoms with Crippen LogP contribution in [-0.4, -0.2) is 30.3 Å². The molecular formula is C28H33N3O. The zero-order valence-electron chi connectivity index (χ0n) is 19.8. The number of nitrogens with zero attached hydrogens (tertiary/aromatic N) is 3. The average Bonchev–Trinajstić information content (AvgIpc) is 3.15. The summed E-state index contributed by atoms with van der Waals surface area (Å²) in [5.41, 5.74) is 7.01. The number of hydrogen-bond donors (Lipinski definition) is 0. The number of fused-ring (bicyclic) bond motifs is 1. The van der Waals surface area contributed by atoms with Gasteiger partial charge in [0.2, 0.25) is 0 Å². The summed E-state index contributed by atoms with van der Waals surface area (Å²) < 4.78 is 8.56. The fraction of sp³-hybridized carbons (Fsp3) is 0.321. The van der Waals surface area contributed by atoms with Crippen LogP contribution in [0.5, 0.6) is 5.75 Å². The van der Waals surface area contributed by atoms with Crippen molar-refractivity contribution in [1.29, 1.82) is 0 Å². The molecule has 4 aromatic rings. The SMILES string of the molecule is Cc1ccc(C(C)C)c(OCCCn2c(-c3ccc(N(C)C)cc3)nc3ccccc32)c1. The van der Waals surface area contributed by atoms with E-state index in [0.29, 0.717) is 12.5 Å². The molecule has 0 aliphatic rings. The molecule has 0 N–H and O–H groups in total. The lowest BCUT2D eigenvalue weighted by atomic mass is 10.0. The van der Waals surface area contributed by atoms with E-state index in [1.807, 2.05) is 6.07 Å². The molecule has 0 saturated carbocycles. The Kier molecular flexibility index (Phi) is 6.50. The van der Waals surface area contributed by atoms with Gasteiger partial charge in [-0.05, 0) is 72.9 Å². The topological polar surface area (TPSA) is 30.3 Å². The highest BCUT2D eigenvalue weighted by atomic mass is 16.5. The second-order valence-corrected chi connectivity index (χ2v) is 8.92. The van der Waals surface area contributed by atoms with Gasteiger partial charge in [-0.1, -0.05) is 38.1 Å². The normalized spacial score (nSPS) is 11.3. The Hall–Kier alpha value is -3.27. The lowest BCUT2D eigenvalue weighted by Crippen LogP contribution is -2.09. The van der Waals surface area contributed by atoms with Crippen molar-refractivity contribution in [2.24, 2.45) is 0 Å². The maximum Gasteiger partial charge on any atom is 0.141 e. The Morgan fingerprint density at radius 1 is 0.969 bits per heavy atom. The molecular weight excluding hydrogens is 394 g/mol. The second kappa shape index (κ2) is 9.47. The molecule has 0 unspecified atom stereocenters. The van der Waals surface area contributed by atoms with E-state index in [9.17, 15) is 0 Å². The Labute approximate surface area is 191 Å². The molecule has 3 aromatic carbocycles. The lowest BCUT2D eigenvalue weighted by Gasteiger charge is -2.16. The summed E-state index contributed by atoms with van der Waals surface area (Å²) in [6.07, 6.45) is 0.911. The number of benzene rings is 3. The highest BCUT2D eigenvalue weighted by Crippen LogP contribution is 2.29. The van der Waals surface area contributed by atoms with E-state index >= 15 is 0 Å². The molecule has 0 saturated heterocycles. The summed E-state index contributed by atoms with van der Waals surface area (Å²) in [6.45, 7) is 8.07. The first kappa shape index (κ1) is 21.9. The van der Waals surface area contributed by atoms with Crippen molar-refractivity contribution < 1.29 is 4.74 Å². The molecule has 0 aliphatic heterocycles. The molecule has 166 valence electrons. The highest BCUT2D eigenvalue weighted by molar-refractivity contribution is 5.80. The molecule has 0 radical (unpaired) electrons. The summed E-state index contributed by atoms with van der Waals surface area (Å²) in [4.78, 5) is 7.06. The number of aromatic nitrogens is 2. The number of anilines is 1. The quantitative estimate of drug-likeness (QED) is 0.294. The molecule has 4 heteroatoms.